The van der Waals surface area contributed by atoms with Crippen molar-refractivity contribution in [3.63, 3.8) is 0 Å². The molecular formula is C31H51N5O4S2. The number of aromatic nitrogens is 1. The third kappa shape index (κ3) is 9.17. The zero-order valence-corrected chi connectivity index (χ0v) is 27.3. The topological polar surface area (TPSA) is 160 Å². The van der Waals surface area contributed by atoms with Gasteiger partial charge in [0.05, 0.1) is 16.7 Å². The summed E-state index contributed by atoms with van der Waals surface area (Å²) in [6.45, 7) is 7.66. The third-order valence-electron chi connectivity index (χ3n) is 9.01. The van der Waals surface area contributed by atoms with Gasteiger partial charge in [0.1, 0.15) is 17.4 Å². The Bertz CT molecular complexity index is 1030. The first kappa shape index (κ1) is 34.8. The number of amides is 2. The molecule has 2 aliphatic rings. The minimum Gasteiger partial charge on any atom is -0.393 e. The number of hydrogen-bond acceptors (Lipinski definition) is 9. The van der Waals surface area contributed by atoms with Crippen LogP contribution in [0, 0.1) is 17.8 Å². The molecule has 1 unspecified atom stereocenters. The fourth-order valence-electron chi connectivity index (χ4n) is 5.81. The van der Waals surface area contributed by atoms with Crippen LogP contribution in [0.15, 0.2) is 18.3 Å². The van der Waals surface area contributed by atoms with Crippen LogP contribution >= 0.6 is 23.5 Å². The summed E-state index contributed by atoms with van der Waals surface area (Å²) in [5.74, 6) is 1.37. The van der Waals surface area contributed by atoms with Crippen LogP contribution in [0.5, 0.6) is 0 Å². The van der Waals surface area contributed by atoms with Gasteiger partial charge in [-0.05, 0) is 42.7 Å². The molecule has 42 heavy (non-hydrogen) atoms. The summed E-state index contributed by atoms with van der Waals surface area (Å²) in [7, 11) is 0. The number of anilines is 1. The summed E-state index contributed by atoms with van der Waals surface area (Å²) in [6.07, 6.45) is 9.07. The smallest absolute Gasteiger partial charge is 0.242 e. The van der Waals surface area contributed by atoms with Gasteiger partial charge in [0.25, 0.3) is 0 Å². The van der Waals surface area contributed by atoms with E-state index < -0.39 is 23.7 Å². The van der Waals surface area contributed by atoms with E-state index in [0.29, 0.717) is 18.2 Å². The Hall–Kier alpha value is -1.66. The molecule has 1 aromatic heterocycles. The van der Waals surface area contributed by atoms with Crippen LogP contribution in [0.2, 0.25) is 0 Å². The number of aliphatic hydroxyl groups is 1. The SMILES string of the molecule is CC[C@H](C)[C@H](N)C(=O)Nc1ccc(C(=O)[C@@](CC(O)CCC2CCCCC2)(NC(=O)[C@@H](N)C2SCCS2)C(C)C)cn1. The Morgan fingerprint density at radius 3 is 2.31 bits per heavy atom. The van der Waals surface area contributed by atoms with Crippen molar-refractivity contribution >= 4 is 46.9 Å². The first-order chi connectivity index (χ1) is 20.0. The Morgan fingerprint density at radius 2 is 1.74 bits per heavy atom. The van der Waals surface area contributed by atoms with E-state index in [-0.39, 0.29) is 46.0 Å². The highest BCUT2D eigenvalue weighted by Crippen LogP contribution is 2.35. The maximum Gasteiger partial charge on any atom is 0.242 e. The quantitative estimate of drug-likeness (QED) is 0.180. The average molecular weight is 622 g/mol. The molecule has 1 aromatic rings. The number of Topliss-reactive ketones (excluding diaryl/α,β-unsaturated/α-hetero) is 1. The second-order valence-electron chi connectivity index (χ2n) is 12.4. The van der Waals surface area contributed by atoms with Crippen molar-refractivity contribution in [2.45, 2.75) is 114 Å². The predicted octanol–water partition coefficient (Wildman–Crippen LogP) is 4.33. The minimum atomic E-state index is -1.38. The minimum absolute atomic E-state index is 0.0121. The van der Waals surface area contributed by atoms with Gasteiger partial charge in [-0.1, -0.05) is 66.2 Å². The molecule has 3 rings (SSSR count). The maximum absolute atomic E-state index is 14.3. The molecule has 1 saturated carbocycles. The summed E-state index contributed by atoms with van der Waals surface area (Å²) >= 11 is 3.31. The van der Waals surface area contributed by atoms with E-state index in [0.717, 1.165) is 24.3 Å². The number of aliphatic hydroxyl groups excluding tert-OH is 1. The van der Waals surface area contributed by atoms with Crippen LogP contribution in [-0.2, 0) is 9.59 Å². The normalized spacial score (nSPS) is 20.9. The molecule has 5 atom stereocenters. The van der Waals surface area contributed by atoms with Crippen LogP contribution < -0.4 is 22.1 Å². The number of pyridine rings is 1. The first-order valence-electron chi connectivity index (χ1n) is 15.5. The first-order valence-corrected chi connectivity index (χ1v) is 17.6. The standard InChI is InChI=1S/C31H51N5O4S2/c1-5-20(4)25(32)28(39)35-24-14-12-22(18-34-24)27(38)31(19(2)3,36-29(40)26(33)30-41-15-16-42-30)17-23(37)13-11-21-9-7-6-8-10-21/h12,14,18-21,23,25-26,30,37H,5-11,13,15-17,32-33H2,1-4H3,(H,36,40)(H,34,35,39)/t20-,23?,25-,26+,31-/m0/s1. The van der Waals surface area contributed by atoms with E-state index in [9.17, 15) is 19.5 Å². The lowest BCUT2D eigenvalue weighted by atomic mass is 9.74. The molecule has 0 radical (unpaired) electrons. The number of rotatable bonds is 15. The van der Waals surface area contributed by atoms with Gasteiger partial charge in [0, 0.05) is 29.7 Å². The molecule has 1 aliphatic carbocycles. The van der Waals surface area contributed by atoms with Crippen molar-refractivity contribution in [1.29, 1.82) is 0 Å². The fourth-order valence-corrected chi connectivity index (χ4v) is 8.67. The molecule has 2 amide bonds. The molecule has 236 valence electrons. The third-order valence-corrected chi connectivity index (χ3v) is 12.2. The highest BCUT2D eigenvalue weighted by atomic mass is 32.2. The van der Waals surface area contributed by atoms with E-state index in [4.69, 9.17) is 11.5 Å². The summed E-state index contributed by atoms with van der Waals surface area (Å²) in [6, 6.07) is 1.72. The fraction of sp³-hybridized carbons (Fsp3) is 0.742. The second kappa shape index (κ2) is 16.4. The Morgan fingerprint density at radius 1 is 1.07 bits per heavy atom. The summed E-state index contributed by atoms with van der Waals surface area (Å²) < 4.78 is -0.0763. The number of carbonyl (C=O) groups is 3. The van der Waals surface area contributed by atoms with Gasteiger partial charge in [-0.25, -0.2) is 4.98 Å². The van der Waals surface area contributed by atoms with Gasteiger partial charge in [-0.2, -0.15) is 0 Å². The number of ketones is 1. The molecule has 1 saturated heterocycles. The molecule has 7 N–H and O–H groups in total. The van der Waals surface area contributed by atoms with Crippen molar-refractivity contribution in [1.82, 2.24) is 10.3 Å². The summed E-state index contributed by atoms with van der Waals surface area (Å²) in [5, 5.41) is 17.0. The lowest BCUT2D eigenvalue weighted by Gasteiger charge is -2.40. The predicted molar refractivity (Wildman–Crippen MR) is 173 cm³/mol. The lowest BCUT2D eigenvalue weighted by molar-refractivity contribution is -0.124. The molecule has 0 aromatic carbocycles. The van der Waals surface area contributed by atoms with Crippen LogP contribution in [0.25, 0.3) is 0 Å². The van der Waals surface area contributed by atoms with E-state index in [1.54, 1.807) is 35.7 Å². The molecule has 0 spiro atoms. The van der Waals surface area contributed by atoms with E-state index in [1.807, 2.05) is 27.7 Å². The Labute approximate surface area is 259 Å². The van der Waals surface area contributed by atoms with Gasteiger partial charge in [-0.3, -0.25) is 14.4 Å². The van der Waals surface area contributed by atoms with Crippen LogP contribution in [0.1, 0.15) is 95.8 Å². The van der Waals surface area contributed by atoms with E-state index in [2.05, 4.69) is 15.6 Å². The zero-order valence-electron chi connectivity index (χ0n) is 25.6. The van der Waals surface area contributed by atoms with Crippen molar-refractivity contribution in [3.05, 3.63) is 23.9 Å². The van der Waals surface area contributed by atoms with Crippen molar-refractivity contribution < 1.29 is 19.5 Å². The van der Waals surface area contributed by atoms with Crippen LogP contribution in [-0.4, -0.2) is 67.5 Å². The largest absolute Gasteiger partial charge is 0.393 e. The van der Waals surface area contributed by atoms with Gasteiger partial charge < -0.3 is 27.2 Å². The van der Waals surface area contributed by atoms with Crippen molar-refractivity contribution in [2.24, 2.45) is 29.2 Å². The molecule has 9 nitrogen and oxygen atoms in total. The Kier molecular flexibility index (Phi) is 13.6. The average Bonchev–Trinajstić information content (AvgIpc) is 3.54. The van der Waals surface area contributed by atoms with Gasteiger partial charge in [0.15, 0.2) is 5.78 Å². The summed E-state index contributed by atoms with van der Waals surface area (Å²) in [4.78, 5) is 44.7. The molecule has 11 heteroatoms. The number of nitrogens with two attached hydrogens (primary N) is 2. The molecule has 2 fully saturated rings. The van der Waals surface area contributed by atoms with Crippen molar-refractivity contribution in [2.75, 3.05) is 16.8 Å². The number of carbonyl (C=O) groups excluding carboxylic acids is 3. The van der Waals surface area contributed by atoms with Gasteiger partial charge in [0.2, 0.25) is 11.8 Å². The summed E-state index contributed by atoms with van der Waals surface area (Å²) in [5.41, 5.74) is 11.3. The monoisotopic (exact) mass is 621 g/mol. The van der Waals surface area contributed by atoms with E-state index >= 15 is 0 Å². The second-order valence-corrected chi connectivity index (χ2v) is 15.1. The molecule has 0 bridgehead atoms. The lowest BCUT2D eigenvalue weighted by Crippen LogP contribution is -2.63. The highest BCUT2D eigenvalue weighted by Gasteiger charge is 2.46. The van der Waals surface area contributed by atoms with Gasteiger partial charge in [-0.15, -0.1) is 23.5 Å². The molecule has 2 heterocycles. The number of nitrogens with one attached hydrogen (secondary N) is 2. The number of nitrogens with zero attached hydrogens (tertiary/aromatic N) is 1. The number of thioether (sulfide) groups is 2. The van der Waals surface area contributed by atoms with E-state index in [1.165, 1.54) is 38.3 Å². The zero-order chi connectivity index (χ0) is 30.9. The van der Waals surface area contributed by atoms with Crippen LogP contribution in [0.3, 0.4) is 0 Å². The number of hydrogen-bond donors (Lipinski definition) is 5. The van der Waals surface area contributed by atoms with Gasteiger partial charge >= 0.3 is 0 Å². The van der Waals surface area contributed by atoms with Crippen molar-refractivity contribution in [3.8, 4) is 0 Å². The Balaban J connectivity index is 1.82. The molecular weight excluding hydrogens is 571 g/mol. The maximum atomic E-state index is 14.3. The molecule has 1 aliphatic heterocycles. The highest BCUT2D eigenvalue weighted by molar-refractivity contribution is 8.20. The van der Waals surface area contributed by atoms with Crippen LogP contribution in [0.4, 0.5) is 5.82 Å².